The van der Waals surface area contributed by atoms with Gasteiger partial charge in [0, 0.05) is 0 Å². The highest BCUT2D eigenvalue weighted by molar-refractivity contribution is 6.91. The molecule has 0 saturated heterocycles. The second kappa shape index (κ2) is 24.1. The third-order valence-corrected chi connectivity index (χ3v) is 16.4. The van der Waals surface area contributed by atoms with Gasteiger partial charge < -0.3 is 0 Å². The van der Waals surface area contributed by atoms with Gasteiger partial charge in [0.05, 0.1) is 0 Å². The van der Waals surface area contributed by atoms with E-state index in [-0.39, 0.29) is 20.1 Å². The Hall–Kier alpha value is -6.31. The Labute approximate surface area is 456 Å². The number of aryl methyl sites for hydroxylation is 11. The van der Waals surface area contributed by atoms with Crippen molar-refractivity contribution in [1.29, 1.82) is 0 Å². The van der Waals surface area contributed by atoms with Crippen LogP contribution in [-0.2, 0) is 0 Å². The number of hydrogen-bond acceptors (Lipinski definition) is 0. The zero-order valence-corrected chi connectivity index (χ0v) is 49.4. The summed E-state index contributed by atoms with van der Waals surface area (Å²) in [5.41, 5.74) is 33.7. The lowest BCUT2D eigenvalue weighted by atomic mass is 9.37. The quantitative estimate of drug-likeness (QED) is 0.0847. The molecule has 0 heterocycles. The summed E-state index contributed by atoms with van der Waals surface area (Å²) in [7, 11) is 0. The fraction of sp³-hybridized carbons (Fsp3) is 0.306. The van der Waals surface area contributed by atoms with Gasteiger partial charge in [-0.3, -0.25) is 0 Å². The van der Waals surface area contributed by atoms with E-state index in [1.165, 1.54) is 139 Å². The molecule has 0 unspecified atom stereocenters. The first-order valence-electron chi connectivity index (χ1n) is 27.9. The highest BCUT2D eigenvalue weighted by Gasteiger charge is 2.27. The van der Waals surface area contributed by atoms with Gasteiger partial charge in [0.25, 0.3) is 0 Å². The molecule has 0 aliphatic heterocycles. The topological polar surface area (TPSA) is 0 Å². The molecule has 0 bridgehead atoms. The molecular weight excluding hydrogens is 897 g/mol. The third kappa shape index (κ3) is 13.0. The molecular formula is C72H85B3. The Balaban J connectivity index is 1.23. The SMILES string of the molecule is Cc1cc(C)c(B(/C=C/c2ccc(/C=C/B(/C=C/c3ccc(/C=C/B(c4cc(C)c(C)cc4C)c4c(C)cc(C)c(C)c4C)cc3)c3c(C(C)C)cc(C(C)C)cc3C(C)C)cc2)c2c(C)cc(C)cc2C)c(C)c1. The van der Waals surface area contributed by atoms with Gasteiger partial charge in [-0.15, -0.1) is 23.9 Å². The maximum Gasteiger partial charge on any atom is 0.235 e. The van der Waals surface area contributed by atoms with Crippen molar-refractivity contribution in [2.45, 2.75) is 149 Å². The maximum absolute atomic E-state index is 2.49. The molecule has 7 aromatic rings. The van der Waals surface area contributed by atoms with E-state index in [1.807, 2.05) is 0 Å². The van der Waals surface area contributed by atoms with Crippen LogP contribution in [0.4, 0.5) is 0 Å². The van der Waals surface area contributed by atoms with Crippen LogP contribution in [0.5, 0.6) is 0 Å². The van der Waals surface area contributed by atoms with Gasteiger partial charge in [0.2, 0.25) is 20.1 Å². The van der Waals surface area contributed by atoms with Crippen LogP contribution in [-0.4, -0.2) is 20.1 Å². The van der Waals surface area contributed by atoms with Crippen molar-refractivity contribution in [1.82, 2.24) is 0 Å². The van der Waals surface area contributed by atoms with E-state index in [0.717, 1.165) is 0 Å². The normalized spacial score (nSPS) is 12.1. The summed E-state index contributed by atoms with van der Waals surface area (Å²) < 4.78 is 0. The van der Waals surface area contributed by atoms with Crippen molar-refractivity contribution in [2.24, 2.45) is 0 Å². The fourth-order valence-electron chi connectivity index (χ4n) is 12.1. The van der Waals surface area contributed by atoms with Crippen LogP contribution in [0.15, 0.2) is 127 Å². The number of rotatable bonds is 16. The molecule has 0 aliphatic rings. The molecule has 0 aliphatic carbocycles. The van der Waals surface area contributed by atoms with Crippen molar-refractivity contribution in [3.8, 4) is 0 Å². The molecule has 0 atom stereocenters. The minimum absolute atomic E-state index is 0.0781. The minimum atomic E-state index is 0.0781. The van der Waals surface area contributed by atoms with E-state index in [2.05, 4.69) is 283 Å². The van der Waals surface area contributed by atoms with E-state index in [9.17, 15) is 0 Å². The van der Waals surface area contributed by atoms with Gasteiger partial charge in [-0.1, -0.05) is 246 Å². The van der Waals surface area contributed by atoms with Crippen LogP contribution < -0.4 is 27.3 Å². The van der Waals surface area contributed by atoms with Gasteiger partial charge in [0.15, 0.2) is 0 Å². The molecule has 0 N–H and O–H groups in total. The van der Waals surface area contributed by atoms with Crippen molar-refractivity contribution >= 4 is 71.8 Å². The summed E-state index contributed by atoms with van der Waals surface area (Å²) in [5.74, 6) is 11.0. The first-order chi connectivity index (χ1) is 35.5. The number of hydrogen-bond donors (Lipinski definition) is 0. The van der Waals surface area contributed by atoms with Gasteiger partial charge in [0.1, 0.15) is 0 Å². The summed E-state index contributed by atoms with van der Waals surface area (Å²) >= 11 is 0. The molecule has 0 aromatic heterocycles. The largest absolute Gasteiger partial charge is 0.235 e. The molecule has 0 radical (unpaired) electrons. The Morgan fingerprint density at radius 2 is 0.667 bits per heavy atom. The molecule has 0 fully saturated rings. The lowest BCUT2D eigenvalue weighted by Gasteiger charge is -2.25. The van der Waals surface area contributed by atoms with Crippen LogP contribution in [0.2, 0.25) is 0 Å². The van der Waals surface area contributed by atoms with Gasteiger partial charge in [-0.25, -0.2) is 0 Å². The first-order valence-corrected chi connectivity index (χ1v) is 27.9. The second-order valence-corrected chi connectivity index (χ2v) is 23.4. The third-order valence-electron chi connectivity index (χ3n) is 16.4. The van der Waals surface area contributed by atoms with E-state index < -0.39 is 0 Å². The average molecular weight is 983 g/mol. The highest BCUT2D eigenvalue weighted by Crippen LogP contribution is 2.28. The van der Waals surface area contributed by atoms with E-state index in [4.69, 9.17) is 0 Å². The van der Waals surface area contributed by atoms with Gasteiger partial charge in [-0.2, -0.15) is 0 Å². The monoisotopic (exact) mass is 983 g/mol. The maximum atomic E-state index is 2.49. The van der Waals surface area contributed by atoms with Gasteiger partial charge >= 0.3 is 0 Å². The lowest BCUT2D eigenvalue weighted by molar-refractivity contribution is 0.812. The van der Waals surface area contributed by atoms with Crippen molar-refractivity contribution < 1.29 is 0 Å². The van der Waals surface area contributed by atoms with E-state index in [1.54, 1.807) is 0 Å². The average Bonchev–Trinajstić information content (AvgIpc) is 3.34. The molecule has 7 rings (SSSR count). The number of benzene rings is 7. The predicted octanol–water partition coefficient (Wildman–Crippen LogP) is 16.0. The smallest absolute Gasteiger partial charge is 0.105 e. The van der Waals surface area contributed by atoms with Crippen molar-refractivity contribution in [3.63, 3.8) is 0 Å². The Kier molecular flexibility index (Phi) is 18.2. The summed E-state index contributed by atoms with van der Waals surface area (Å²) in [4.78, 5) is 0. The van der Waals surface area contributed by atoms with Crippen molar-refractivity contribution in [3.05, 3.63) is 238 Å². The van der Waals surface area contributed by atoms with Crippen molar-refractivity contribution in [2.75, 3.05) is 0 Å². The second-order valence-electron chi connectivity index (χ2n) is 23.4. The van der Waals surface area contributed by atoms with E-state index in [0.29, 0.717) is 17.8 Å². The van der Waals surface area contributed by atoms with Crippen LogP contribution in [0.1, 0.15) is 171 Å². The molecule has 7 aromatic carbocycles. The zero-order valence-electron chi connectivity index (χ0n) is 49.4. The first kappa shape index (κ1) is 56.4. The standard InChI is InChI=1S/C72H85B3/c1-45(2)65-43-66(46(3)4)72(67(44-65)47(5)6)73(33-29-62-22-26-64(27-23-62)31-35-75(69-54(13)36-48(7)37-55(69)14)70-56(15)38-49(8)39-57(70)16)32-28-61-20-24-63(25-21-61)30-34-74(68-42-51(10)50(9)40-53(68)12)71-58(17)41-52(11)59(18)60(71)19/h20-47H,1-19H3/b32-28+,33-29+,34-30+,35-31+. The molecule has 0 saturated carbocycles. The minimum Gasteiger partial charge on any atom is -0.105 e. The van der Waals surface area contributed by atoms with Gasteiger partial charge in [-0.05, 0) is 169 Å². The summed E-state index contributed by atoms with van der Waals surface area (Å²) in [6.45, 7) is 43.8. The molecule has 0 amide bonds. The predicted molar refractivity (Wildman–Crippen MR) is 341 cm³/mol. The molecule has 3 heteroatoms. The Morgan fingerprint density at radius 1 is 0.307 bits per heavy atom. The van der Waals surface area contributed by atoms with E-state index >= 15 is 0 Å². The molecule has 75 heavy (non-hydrogen) atoms. The Bertz CT molecular complexity index is 3180. The fourth-order valence-corrected chi connectivity index (χ4v) is 12.1. The Morgan fingerprint density at radius 3 is 1.07 bits per heavy atom. The summed E-state index contributed by atoms with van der Waals surface area (Å²) in [6.07, 6.45) is 9.35. The van der Waals surface area contributed by atoms with Crippen LogP contribution in [0.25, 0.3) is 24.3 Å². The molecule has 0 spiro atoms. The van der Waals surface area contributed by atoms with Crippen LogP contribution >= 0.6 is 0 Å². The summed E-state index contributed by atoms with van der Waals surface area (Å²) in [6, 6.07) is 39.8. The lowest BCUT2D eigenvalue weighted by Crippen LogP contribution is -2.46. The summed E-state index contributed by atoms with van der Waals surface area (Å²) in [5, 5.41) is 0. The highest BCUT2D eigenvalue weighted by atomic mass is 14.2. The molecule has 382 valence electrons. The zero-order chi connectivity index (χ0) is 54.6. The molecule has 0 nitrogen and oxygen atoms in total. The van der Waals surface area contributed by atoms with Crippen LogP contribution in [0, 0.1) is 90.0 Å². The van der Waals surface area contributed by atoms with Crippen LogP contribution in [0.3, 0.4) is 0 Å².